The number of nitrogens with zero attached hydrogens (tertiary/aromatic N) is 4. The number of carbonyl (C=O) groups is 2. The molecule has 2 saturated heterocycles. The van der Waals surface area contributed by atoms with E-state index < -0.39 is 0 Å². The summed E-state index contributed by atoms with van der Waals surface area (Å²) in [5.74, 6) is 0.533. The lowest BCUT2D eigenvalue weighted by molar-refractivity contribution is -0.139. The van der Waals surface area contributed by atoms with Gasteiger partial charge in [0, 0.05) is 39.0 Å². The van der Waals surface area contributed by atoms with Gasteiger partial charge in [-0.3, -0.25) is 14.5 Å². The zero-order chi connectivity index (χ0) is 22.9. The van der Waals surface area contributed by atoms with E-state index >= 15 is 0 Å². The molecular formula is C26H30N4O3. The summed E-state index contributed by atoms with van der Waals surface area (Å²) in [6.07, 6.45) is 3.58. The smallest absolute Gasteiger partial charge is 0.277 e. The van der Waals surface area contributed by atoms with Gasteiger partial charge < -0.3 is 14.5 Å². The van der Waals surface area contributed by atoms with Gasteiger partial charge in [-0.15, -0.1) is 0 Å². The molecule has 7 heteroatoms. The molecule has 1 atom stereocenters. The van der Waals surface area contributed by atoms with Crippen molar-refractivity contribution in [1.29, 1.82) is 0 Å². The molecule has 3 aliphatic heterocycles. The van der Waals surface area contributed by atoms with Gasteiger partial charge >= 0.3 is 0 Å². The molecule has 2 amide bonds. The van der Waals surface area contributed by atoms with E-state index in [1.165, 1.54) is 4.90 Å². The van der Waals surface area contributed by atoms with Crippen molar-refractivity contribution in [3.63, 3.8) is 0 Å². The van der Waals surface area contributed by atoms with Crippen LogP contribution in [0.4, 0.5) is 5.82 Å². The quantitative estimate of drug-likeness (QED) is 0.658. The number of carbonyl (C=O) groups excluding carboxylic acids is 2. The van der Waals surface area contributed by atoms with E-state index in [-0.39, 0.29) is 17.9 Å². The summed E-state index contributed by atoms with van der Waals surface area (Å²) in [5, 5.41) is 0. The zero-order valence-corrected chi connectivity index (χ0v) is 19.3. The van der Waals surface area contributed by atoms with Gasteiger partial charge in [0.25, 0.3) is 11.8 Å². The fourth-order valence-electron chi connectivity index (χ4n) is 4.87. The molecule has 0 bridgehead atoms. The van der Waals surface area contributed by atoms with Crippen LogP contribution < -0.4 is 4.90 Å². The first-order valence-corrected chi connectivity index (χ1v) is 11.7. The molecule has 1 aromatic heterocycles. The lowest BCUT2D eigenvalue weighted by Gasteiger charge is -2.37. The molecule has 1 unspecified atom stereocenters. The first-order valence-electron chi connectivity index (χ1n) is 11.7. The fraction of sp³-hybridized carbons (Fsp3) is 0.423. The van der Waals surface area contributed by atoms with Gasteiger partial charge in [0.1, 0.15) is 11.5 Å². The first-order chi connectivity index (χ1) is 16.0. The summed E-state index contributed by atoms with van der Waals surface area (Å²) in [6, 6.07) is 11.9. The minimum absolute atomic E-state index is 0.0701. The number of imide groups is 1. The van der Waals surface area contributed by atoms with Crippen molar-refractivity contribution in [3.05, 3.63) is 65.0 Å². The number of rotatable bonds is 5. The van der Waals surface area contributed by atoms with E-state index in [9.17, 15) is 9.59 Å². The molecule has 7 nitrogen and oxygen atoms in total. The third kappa shape index (κ3) is 4.13. The fourth-order valence-corrected chi connectivity index (χ4v) is 4.87. The van der Waals surface area contributed by atoms with Crippen molar-refractivity contribution in [3.8, 4) is 0 Å². The number of benzene rings is 1. The Morgan fingerprint density at radius 2 is 1.76 bits per heavy atom. The predicted molar refractivity (Wildman–Crippen MR) is 127 cm³/mol. The normalized spacial score (nSPS) is 21.5. The van der Waals surface area contributed by atoms with E-state index in [0.717, 1.165) is 48.4 Å². The highest BCUT2D eigenvalue weighted by Gasteiger charge is 2.43. The Bertz CT molecular complexity index is 1080. The van der Waals surface area contributed by atoms with Crippen LogP contribution in [-0.2, 0) is 14.3 Å². The number of aromatic nitrogens is 1. The molecule has 3 aliphatic rings. The molecule has 0 saturated carbocycles. The molecule has 4 heterocycles. The maximum absolute atomic E-state index is 13.6. The molecule has 33 heavy (non-hydrogen) atoms. The lowest BCUT2D eigenvalue weighted by Crippen LogP contribution is -2.48. The standard InChI is InChI=1S/C26H30N4O3/c1-18-8-9-20(16-19(18)2)23-24(26(32)30(25(23)31)17-21-6-5-15-33-21)29-13-11-28(12-14-29)22-7-3-4-10-27-22/h3-4,7-10,16,21H,5-6,11-15,17H2,1-2H3. The average Bonchev–Trinajstić information content (AvgIpc) is 3.44. The maximum atomic E-state index is 13.6. The molecule has 0 aliphatic carbocycles. The molecule has 2 aromatic rings. The Kier molecular flexibility index (Phi) is 5.89. The Morgan fingerprint density at radius 1 is 0.970 bits per heavy atom. The molecule has 0 radical (unpaired) electrons. The summed E-state index contributed by atoms with van der Waals surface area (Å²) >= 11 is 0. The Balaban J connectivity index is 1.45. The van der Waals surface area contributed by atoms with Gasteiger partial charge in [0.05, 0.1) is 18.2 Å². The number of piperazine rings is 1. The number of aryl methyl sites for hydroxylation is 2. The van der Waals surface area contributed by atoms with Crippen LogP contribution in [0.1, 0.15) is 29.5 Å². The summed E-state index contributed by atoms with van der Waals surface area (Å²) in [5.41, 5.74) is 4.14. The Morgan fingerprint density at radius 3 is 2.42 bits per heavy atom. The molecule has 5 rings (SSSR count). The lowest BCUT2D eigenvalue weighted by atomic mass is 9.99. The number of pyridine rings is 1. The third-order valence-electron chi connectivity index (χ3n) is 6.92. The molecule has 1 aromatic carbocycles. The van der Waals surface area contributed by atoms with E-state index in [2.05, 4.69) is 21.7 Å². The number of anilines is 1. The number of hydrogen-bond donors (Lipinski definition) is 0. The predicted octanol–water partition coefficient (Wildman–Crippen LogP) is 2.78. The van der Waals surface area contributed by atoms with E-state index in [1.807, 2.05) is 43.3 Å². The van der Waals surface area contributed by atoms with Gasteiger partial charge in [-0.25, -0.2) is 4.98 Å². The minimum atomic E-state index is -0.207. The molecule has 172 valence electrons. The highest BCUT2D eigenvalue weighted by molar-refractivity contribution is 6.35. The van der Waals surface area contributed by atoms with E-state index in [1.54, 1.807) is 6.20 Å². The van der Waals surface area contributed by atoms with Crippen LogP contribution in [0, 0.1) is 13.8 Å². The van der Waals surface area contributed by atoms with Crippen LogP contribution in [0.25, 0.3) is 5.57 Å². The highest BCUT2D eigenvalue weighted by atomic mass is 16.5. The van der Waals surface area contributed by atoms with Crippen molar-refractivity contribution in [2.75, 3.05) is 44.2 Å². The second kappa shape index (κ2) is 8.98. The summed E-state index contributed by atoms with van der Waals surface area (Å²) < 4.78 is 5.74. The minimum Gasteiger partial charge on any atom is -0.376 e. The van der Waals surface area contributed by atoms with Crippen LogP contribution >= 0.6 is 0 Å². The van der Waals surface area contributed by atoms with Crippen LogP contribution in [-0.4, -0.2) is 72.0 Å². The monoisotopic (exact) mass is 446 g/mol. The first kappa shape index (κ1) is 21.6. The zero-order valence-electron chi connectivity index (χ0n) is 19.3. The van der Waals surface area contributed by atoms with Crippen LogP contribution in [0.2, 0.25) is 0 Å². The Hall–Kier alpha value is -3.19. The van der Waals surface area contributed by atoms with Crippen molar-refractivity contribution >= 4 is 23.2 Å². The SMILES string of the molecule is Cc1ccc(C2=C(N3CCN(c4ccccn4)CC3)C(=O)N(CC3CCCO3)C2=O)cc1C. The number of amides is 2. The van der Waals surface area contributed by atoms with Gasteiger partial charge in [-0.2, -0.15) is 0 Å². The molecule has 2 fully saturated rings. The number of hydrogen-bond acceptors (Lipinski definition) is 6. The van der Waals surface area contributed by atoms with Crippen LogP contribution in [0.3, 0.4) is 0 Å². The number of ether oxygens (including phenoxy) is 1. The van der Waals surface area contributed by atoms with Crippen LogP contribution in [0.15, 0.2) is 48.3 Å². The molecular weight excluding hydrogens is 416 g/mol. The van der Waals surface area contributed by atoms with Crippen molar-refractivity contribution < 1.29 is 14.3 Å². The van der Waals surface area contributed by atoms with E-state index in [4.69, 9.17) is 4.74 Å². The van der Waals surface area contributed by atoms with Crippen LogP contribution in [0.5, 0.6) is 0 Å². The van der Waals surface area contributed by atoms with Crippen molar-refractivity contribution in [2.45, 2.75) is 32.8 Å². The molecule has 0 N–H and O–H groups in total. The summed E-state index contributed by atoms with van der Waals surface area (Å²) in [7, 11) is 0. The van der Waals surface area contributed by atoms with E-state index in [0.29, 0.717) is 37.5 Å². The van der Waals surface area contributed by atoms with Crippen molar-refractivity contribution in [2.24, 2.45) is 0 Å². The average molecular weight is 447 g/mol. The summed E-state index contributed by atoms with van der Waals surface area (Å²) in [4.78, 5) is 37.4. The largest absolute Gasteiger partial charge is 0.376 e. The van der Waals surface area contributed by atoms with Crippen molar-refractivity contribution in [1.82, 2.24) is 14.8 Å². The second-order valence-corrected chi connectivity index (χ2v) is 9.04. The van der Waals surface area contributed by atoms with Gasteiger partial charge in [0.2, 0.25) is 0 Å². The Labute approximate surface area is 194 Å². The third-order valence-corrected chi connectivity index (χ3v) is 6.92. The highest BCUT2D eigenvalue weighted by Crippen LogP contribution is 2.34. The van der Waals surface area contributed by atoms with Gasteiger partial charge in [-0.1, -0.05) is 24.3 Å². The second-order valence-electron chi connectivity index (χ2n) is 9.04. The van der Waals surface area contributed by atoms with Gasteiger partial charge in [-0.05, 0) is 55.5 Å². The maximum Gasteiger partial charge on any atom is 0.277 e. The summed E-state index contributed by atoms with van der Waals surface area (Å²) in [6.45, 7) is 7.92. The van der Waals surface area contributed by atoms with Gasteiger partial charge in [0.15, 0.2) is 0 Å². The molecule has 0 spiro atoms. The topological polar surface area (TPSA) is 66.0 Å².